The molecule has 1 aromatic carbocycles. The number of benzene rings is 1. The fourth-order valence-electron chi connectivity index (χ4n) is 1.60. The van der Waals surface area contributed by atoms with Gasteiger partial charge in [-0.05, 0) is 6.92 Å². The van der Waals surface area contributed by atoms with Crippen LogP contribution in [0.15, 0.2) is 30.3 Å². The van der Waals surface area contributed by atoms with Gasteiger partial charge in [-0.2, -0.15) is 0 Å². The van der Waals surface area contributed by atoms with E-state index < -0.39 is 0 Å². The standard InChI is InChI=1S/C7H8.C6H12.CH2O/c1-7-5-3-2-4-6-7;1-2-4-6-5-3-1;1-2/h2-6H,1H3;1-6H2;1H2. The van der Waals surface area contributed by atoms with E-state index in [2.05, 4.69) is 19.1 Å². The van der Waals surface area contributed by atoms with E-state index in [9.17, 15) is 0 Å². The summed E-state index contributed by atoms with van der Waals surface area (Å²) in [5, 5.41) is 0. The maximum Gasteiger partial charge on any atom is 0.106 e. The molecule has 0 unspecified atom stereocenters. The van der Waals surface area contributed by atoms with Crippen molar-refractivity contribution in [2.75, 3.05) is 0 Å². The quantitative estimate of drug-likeness (QED) is 0.623. The van der Waals surface area contributed by atoms with E-state index in [0.29, 0.717) is 0 Å². The number of aryl methyl sites for hydroxylation is 1. The van der Waals surface area contributed by atoms with Gasteiger partial charge in [0, 0.05) is 0 Å². The lowest BCUT2D eigenvalue weighted by atomic mass is 10.0. The number of hydrogen-bond acceptors (Lipinski definition) is 1. The van der Waals surface area contributed by atoms with Gasteiger partial charge in [-0.25, -0.2) is 0 Å². The van der Waals surface area contributed by atoms with Gasteiger partial charge in [0.2, 0.25) is 0 Å². The number of carbonyl (C=O) groups is 1. The van der Waals surface area contributed by atoms with Crippen molar-refractivity contribution in [3.63, 3.8) is 0 Å². The molecule has 0 saturated heterocycles. The second kappa shape index (κ2) is 11.0. The third-order valence-electron chi connectivity index (χ3n) is 2.44. The first-order valence-electron chi connectivity index (χ1n) is 5.70. The molecule has 15 heavy (non-hydrogen) atoms. The van der Waals surface area contributed by atoms with Gasteiger partial charge < -0.3 is 4.79 Å². The summed E-state index contributed by atoms with van der Waals surface area (Å²) in [6.07, 6.45) is 9.00. The Morgan fingerprint density at radius 2 is 1.13 bits per heavy atom. The van der Waals surface area contributed by atoms with Crippen molar-refractivity contribution in [3.8, 4) is 0 Å². The van der Waals surface area contributed by atoms with Crippen LogP contribution >= 0.6 is 0 Å². The van der Waals surface area contributed by atoms with Gasteiger partial charge in [0.25, 0.3) is 0 Å². The molecule has 84 valence electrons. The van der Waals surface area contributed by atoms with Gasteiger partial charge in [-0.3, -0.25) is 0 Å². The first kappa shape index (κ1) is 13.9. The predicted octanol–water partition coefficient (Wildman–Crippen LogP) is 4.15. The van der Waals surface area contributed by atoms with E-state index in [4.69, 9.17) is 4.79 Å². The molecule has 1 fully saturated rings. The minimum absolute atomic E-state index is 1.32. The summed E-state index contributed by atoms with van der Waals surface area (Å²) in [6.45, 7) is 4.08. The molecule has 0 heterocycles. The molecule has 1 aliphatic carbocycles. The summed E-state index contributed by atoms with van der Waals surface area (Å²) >= 11 is 0. The van der Waals surface area contributed by atoms with Crippen LogP contribution in [0.4, 0.5) is 0 Å². The molecule has 0 atom stereocenters. The third kappa shape index (κ3) is 9.20. The summed E-state index contributed by atoms with van der Waals surface area (Å²) < 4.78 is 0. The zero-order chi connectivity index (χ0) is 11.4. The lowest BCUT2D eigenvalue weighted by molar-refractivity contribution is -0.0979. The Labute approximate surface area is 93.5 Å². The van der Waals surface area contributed by atoms with E-state index >= 15 is 0 Å². The van der Waals surface area contributed by atoms with Crippen LogP contribution in [-0.4, -0.2) is 6.79 Å². The van der Waals surface area contributed by atoms with Crippen LogP contribution in [0.1, 0.15) is 44.1 Å². The Bertz CT molecular complexity index is 203. The van der Waals surface area contributed by atoms with Gasteiger partial charge >= 0.3 is 0 Å². The van der Waals surface area contributed by atoms with Crippen molar-refractivity contribution in [1.29, 1.82) is 0 Å². The fraction of sp³-hybridized carbons (Fsp3) is 0.500. The first-order chi connectivity index (χ1) is 7.39. The Balaban J connectivity index is 0.000000227. The van der Waals surface area contributed by atoms with Crippen molar-refractivity contribution in [1.82, 2.24) is 0 Å². The molecule has 0 amide bonds. The van der Waals surface area contributed by atoms with Gasteiger partial charge in [-0.1, -0.05) is 74.4 Å². The van der Waals surface area contributed by atoms with Gasteiger partial charge in [0.15, 0.2) is 0 Å². The van der Waals surface area contributed by atoms with Gasteiger partial charge in [0.05, 0.1) is 0 Å². The van der Waals surface area contributed by atoms with Crippen LogP contribution in [0.2, 0.25) is 0 Å². The number of rotatable bonds is 0. The van der Waals surface area contributed by atoms with Crippen molar-refractivity contribution >= 4 is 6.79 Å². The highest BCUT2D eigenvalue weighted by atomic mass is 16.1. The maximum absolute atomic E-state index is 8.00. The van der Waals surface area contributed by atoms with E-state index in [0.717, 1.165) is 0 Å². The minimum atomic E-state index is 1.32. The molecule has 1 nitrogen and oxygen atoms in total. The Morgan fingerprint density at radius 3 is 1.33 bits per heavy atom. The monoisotopic (exact) mass is 206 g/mol. The Morgan fingerprint density at radius 1 is 0.800 bits per heavy atom. The molecule has 1 heteroatoms. The highest BCUT2D eigenvalue weighted by Gasteiger charge is 1.95. The summed E-state index contributed by atoms with van der Waals surface area (Å²) in [4.78, 5) is 8.00. The molecule has 1 saturated carbocycles. The molecule has 0 N–H and O–H groups in total. The van der Waals surface area contributed by atoms with Crippen LogP contribution < -0.4 is 0 Å². The molecule has 0 bridgehead atoms. The fourth-order valence-corrected chi connectivity index (χ4v) is 1.60. The molecule has 0 aliphatic heterocycles. The van der Waals surface area contributed by atoms with E-state index in [1.54, 1.807) is 0 Å². The average molecular weight is 206 g/mol. The maximum atomic E-state index is 8.00. The first-order valence-corrected chi connectivity index (χ1v) is 5.70. The normalized spacial score (nSPS) is 13.9. The van der Waals surface area contributed by atoms with E-state index in [-0.39, 0.29) is 0 Å². The largest absolute Gasteiger partial charge is 0.307 e. The lowest BCUT2D eigenvalue weighted by Crippen LogP contribution is -1.85. The second-order valence-corrected chi connectivity index (χ2v) is 3.78. The van der Waals surface area contributed by atoms with Crippen LogP contribution in [0.5, 0.6) is 0 Å². The topological polar surface area (TPSA) is 17.1 Å². The molecular formula is C14H22O. The number of carbonyl (C=O) groups excluding carboxylic acids is 1. The van der Waals surface area contributed by atoms with Crippen molar-refractivity contribution in [2.24, 2.45) is 0 Å². The minimum Gasteiger partial charge on any atom is -0.307 e. The molecule has 1 aromatic rings. The van der Waals surface area contributed by atoms with Crippen LogP contribution in [0.3, 0.4) is 0 Å². The highest BCUT2D eigenvalue weighted by molar-refractivity contribution is 5.11. The van der Waals surface area contributed by atoms with Crippen molar-refractivity contribution < 1.29 is 4.79 Å². The Hall–Kier alpha value is -1.11. The zero-order valence-electron chi connectivity index (χ0n) is 9.74. The average Bonchev–Trinajstić information content (AvgIpc) is 2.36. The summed E-state index contributed by atoms with van der Waals surface area (Å²) in [5.74, 6) is 0. The van der Waals surface area contributed by atoms with Crippen molar-refractivity contribution in [3.05, 3.63) is 35.9 Å². The van der Waals surface area contributed by atoms with Gasteiger partial charge in [-0.15, -0.1) is 0 Å². The smallest absolute Gasteiger partial charge is 0.106 e. The predicted molar refractivity (Wildman–Crippen MR) is 66.0 cm³/mol. The van der Waals surface area contributed by atoms with E-state index in [1.165, 1.54) is 44.1 Å². The summed E-state index contributed by atoms with van der Waals surface area (Å²) in [7, 11) is 0. The van der Waals surface area contributed by atoms with Crippen LogP contribution in [0.25, 0.3) is 0 Å². The zero-order valence-corrected chi connectivity index (χ0v) is 9.74. The molecule has 2 rings (SSSR count). The van der Waals surface area contributed by atoms with Crippen LogP contribution in [-0.2, 0) is 4.79 Å². The summed E-state index contributed by atoms with van der Waals surface area (Å²) in [5.41, 5.74) is 1.32. The second-order valence-electron chi connectivity index (χ2n) is 3.78. The highest BCUT2D eigenvalue weighted by Crippen LogP contribution is 2.15. The lowest BCUT2D eigenvalue weighted by Gasteiger charge is -2.05. The molecule has 0 aromatic heterocycles. The molecule has 0 radical (unpaired) electrons. The molecular weight excluding hydrogens is 184 g/mol. The molecule has 0 spiro atoms. The number of hydrogen-bond donors (Lipinski definition) is 0. The van der Waals surface area contributed by atoms with Crippen molar-refractivity contribution in [2.45, 2.75) is 45.4 Å². The Kier molecular flexibility index (Phi) is 10.2. The molecule has 1 aliphatic rings. The van der Waals surface area contributed by atoms with Gasteiger partial charge in [0.1, 0.15) is 6.79 Å². The van der Waals surface area contributed by atoms with Crippen LogP contribution in [0, 0.1) is 6.92 Å². The SMILES string of the molecule is C1CCCCC1.C=O.Cc1ccccc1. The van der Waals surface area contributed by atoms with E-state index in [1.807, 2.05) is 25.0 Å². The third-order valence-corrected chi connectivity index (χ3v) is 2.44. The summed E-state index contributed by atoms with van der Waals surface area (Å²) in [6, 6.07) is 10.3.